The quantitative estimate of drug-likeness (QED) is 0.781. The van der Waals surface area contributed by atoms with Gasteiger partial charge in [0, 0.05) is 23.7 Å². The average Bonchev–Trinajstić information content (AvgIpc) is 3.00. The summed E-state index contributed by atoms with van der Waals surface area (Å²) in [7, 11) is 0. The number of fused-ring (bicyclic) bond motifs is 2. The van der Waals surface area contributed by atoms with Gasteiger partial charge in [-0.3, -0.25) is 9.59 Å². The molecule has 2 aliphatic heterocycles. The summed E-state index contributed by atoms with van der Waals surface area (Å²) >= 11 is 0. The molecule has 2 saturated heterocycles. The number of carbonyl (C=O) groups excluding carboxylic acids is 2. The molecule has 2 bridgehead atoms. The van der Waals surface area contributed by atoms with Crippen molar-refractivity contribution in [1.82, 2.24) is 10.6 Å². The highest BCUT2D eigenvalue weighted by Crippen LogP contribution is 2.27. The lowest BCUT2D eigenvalue weighted by Gasteiger charge is -2.29. The Balaban J connectivity index is 1.47. The predicted molar refractivity (Wildman–Crippen MR) is 106 cm³/mol. The monoisotopic (exact) mass is 363 g/mol. The third-order valence-corrected chi connectivity index (χ3v) is 5.51. The maximum absolute atomic E-state index is 12.9. The van der Waals surface area contributed by atoms with Gasteiger partial charge in [0.1, 0.15) is 0 Å². The zero-order valence-corrected chi connectivity index (χ0v) is 15.5. The van der Waals surface area contributed by atoms with E-state index in [1.54, 1.807) is 18.2 Å². The summed E-state index contributed by atoms with van der Waals surface area (Å²) in [4.78, 5) is 25.4. The van der Waals surface area contributed by atoms with E-state index in [9.17, 15) is 9.59 Å². The van der Waals surface area contributed by atoms with E-state index >= 15 is 0 Å². The van der Waals surface area contributed by atoms with Gasteiger partial charge in [-0.05, 0) is 56.9 Å². The fourth-order valence-corrected chi connectivity index (χ4v) is 4.21. The van der Waals surface area contributed by atoms with Gasteiger partial charge in [0.05, 0.1) is 11.3 Å². The van der Waals surface area contributed by atoms with Crippen molar-refractivity contribution < 1.29 is 9.59 Å². The van der Waals surface area contributed by atoms with Crippen LogP contribution in [0.2, 0.25) is 0 Å². The smallest absolute Gasteiger partial charge is 0.255 e. The van der Waals surface area contributed by atoms with E-state index in [2.05, 4.69) is 16.0 Å². The fourth-order valence-electron chi connectivity index (χ4n) is 4.21. The third kappa shape index (κ3) is 4.03. The number of rotatable bonds is 4. The van der Waals surface area contributed by atoms with E-state index < -0.39 is 0 Å². The summed E-state index contributed by atoms with van der Waals surface area (Å²) in [5.74, 6) is -0.333. The zero-order chi connectivity index (χ0) is 18.8. The molecule has 0 aliphatic carbocycles. The van der Waals surface area contributed by atoms with Crippen molar-refractivity contribution in [2.24, 2.45) is 0 Å². The number of anilines is 1. The van der Waals surface area contributed by atoms with Crippen LogP contribution in [0.1, 0.15) is 52.0 Å². The van der Waals surface area contributed by atoms with Crippen LogP contribution in [-0.2, 0) is 0 Å². The molecule has 0 saturated carbocycles. The Morgan fingerprint density at radius 1 is 0.963 bits per heavy atom. The van der Waals surface area contributed by atoms with Crippen molar-refractivity contribution in [3.8, 4) is 0 Å². The highest BCUT2D eigenvalue weighted by molar-refractivity contribution is 6.09. The van der Waals surface area contributed by atoms with E-state index in [1.807, 2.05) is 37.3 Å². The molecule has 140 valence electrons. The number of amides is 2. The summed E-state index contributed by atoms with van der Waals surface area (Å²) in [6, 6.07) is 15.8. The van der Waals surface area contributed by atoms with Crippen molar-refractivity contribution in [3.05, 3.63) is 65.2 Å². The van der Waals surface area contributed by atoms with Gasteiger partial charge in [-0.15, -0.1) is 0 Å². The molecular weight excluding hydrogens is 338 g/mol. The normalized spacial score (nSPS) is 23.7. The number of piperidine rings is 1. The summed E-state index contributed by atoms with van der Waals surface area (Å²) in [6.07, 6.45) is 4.33. The summed E-state index contributed by atoms with van der Waals surface area (Å²) in [5, 5.41) is 9.64. The number of nitrogens with one attached hydrogen (secondary N) is 3. The van der Waals surface area contributed by atoms with Gasteiger partial charge in [0.25, 0.3) is 11.8 Å². The van der Waals surface area contributed by atoms with Gasteiger partial charge >= 0.3 is 0 Å². The minimum Gasteiger partial charge on any atom is -0.349 e. The first-order chi connectivity index (χ1) is 13.1. The summed E-state index contributed by atoms with van der Waals surface area (Å²) in [6.45, 7) is 1.95. The van der Waals surface area contributed by atoms with Crippen LogP contribution in [0.25, 0.3) is 0 Å². The Hall–Kier alpha value is -2.66. The average molecular weight is 363 g/mol. The largest absolute Gasteiger partial charge is 0.349 e. The Kier molecular flexibility index (Phi) is 4.94. The first-order valence-corrected chi connectivity index (χ1v) is 9.62. The van der Waals surface area contributed by atoms with Gasteiger partial charge in [-0.25, -0.2) is 0 Å². The molecule has 2 aliphatic rings. The standard InChI is InChI=1S/C22H25N3O2/c1-14-5-4-6-15(11-14)21(26)25-20-8-3-2-7-19(20)22(27)24-18-12-16-9-10-17(13-18)23-16/h2-8,11,16-18,23H,9-10,12-13H2,1H3,(H,24,27)(H,25,26). The molecule has 2 fully saturated rings. The molecule has 0 spiro atoms. The van der Waals surface area contributed by atoms with E-state index in [0.717, 1.165) is 18.4 Å². The lowest BCUT2D eigenvalue weighted by Crippen LogP contribution is -2.48. The van der Waals surface area contributed by atoms with Crippen LogP contribution in [0.3, 0.4) is 0 Å². The first kappa shape index (κ1) is 17.7. The van der Waals surface area contributed by atoms with E-state index in [4.69, 9.17) is 0 Å². The van der Waals surface area contributed by atoms with Crippen LogP contribution < -0.4 is 16.0 Å². The summed E-state index contributed by atoms with van der Waals surface area (Å²) in [5.41, 5.74) is 2.65. The van der Waals surface area contributed by atoms with Crippen molar-refractivity contribution in [2.75, 3.05) is 5.32 Å². The van der Waals surface area contributed by atoms with E-state index in [0.29, 0.717) is 28.9 Å². The number of aryl methyl sites for hydroxylation is 1. The first-order valence-electron chi connectivity index (χ1n) is 9.62. The molecule has 0 radical (unpaired) electrons. The second-order valence-electron chi connectivity index (χ2n) is 7.65. The Bertz CT molecular complexity index is 852. The molecule has 5 heteroatoms. The maximum atomic E-state index is 12.9. The predicted octanol–water partition coefficient (Wildman–Crippen LogP) is 3.26. The zero-order valence-electron chi connectivity index (χ0n) is 15.5. The van der Waals surface area contributed by atoms with Gasteiger partial charge in [0.2, 0.25) is 0 Å². The molecule has 2 atom stereocenters. The van der Waals surface area contributed by atoms with Crippen molar-refractivity contribution >= 4 is 17.5 Å². The van der Waals surface area contributed by atoms with Crippen LogP contribution >= 0.6 is 0 Å². The Morgan fingerprint density at radius 3 is 2.44 bits per heavy atom. The second kappa shape index (κ2) is 7.53. The molecule has 2 aromatic rings. The van der Waals surface area contributed by atoms with Crippen LogP contribution in [0, 0.1) is 6.92 Å². The van der Waals surface area contributed by atoms with Crippen LogP contribution in [-0.4, -0.2) is 29.9 Å². The number of carbonyl (C=O) groups is 2. The van der Waals surface area contributed by atoms with Gasteiger partial charge < -0.3 is 16.0 Å². The molecule has 27 heavy (non-hydrogen) atoms. The second-order valence-corrected chi connectivity index (χ2v) is 7.65. The Morgan fingerprint density at radius 2 is 1.70 bits per heavy atom. The van der Waals surface area contributed by atoms with Crippen LogP contribution in [0.4, 0.5) is 5.69 Å². The molecule has 2 aromatic carbocycles. The molecule has 2 unspecified atom stereocenters. The number of hydrogen-bond donors (Lipinski definition) is 3. The number of benzene rings is 2. The molecule has 4 rings (SSSR count). The van der Waals surface area contributed by atoms with Crippen molar-refractivity contribution in [3.63, 3.8) is 0 Å². The van der Waals surface area contributed by atoms with Crippen LogP contribution in [0.5, 0.6) is 0 Å². The maximum Gasteiger partial charge on any atom is 0.255 e. The molecule has 5 nitrogen and oxygen atoms in total. The number of hydrogen-bond acceptors (Lipinski definition) is 3. The van der Waals surface area contributed by atoms with Crippen molar-refractivity contribution in [2.45, 2.75) is 50.7 Å². The topological polar surface area (TPSA) is 70.2 Å². The molecule has 0 aromatic heterocycles. The minimum absolute atomic E-state index is 0.124. The van der Waals surface area contributed by atoms with E-state index in [1.165, 1.54) is 12.8 Å². The van der Waals surface area contributed by atoms with E-state index in [-0.39, 0.29) is 17.9 Å². The highest BCUT2D eigenvalue weighted by atomic mass is 16.2. The Labute approximate surface area is 159 Å². The lowest BCUT2D eigenvalue weighted by molar-refractivity contribution is 0.0925. The minimum atomic E-state index is -0.209. The highest BCUT2D eigenvalue weighted by Gasteiger charge is 2.34. The molecule has 2 heterocycles. The van der Waals surface area contributed by atoms with Crippen molar-refractivity contribution in [1.29, 1.82) is 0 Å². The molecular formula is C22H25N3O2. The molecule has 2 amide bonds. The third-order valence-electron chi connectivity index (χ3n) is 5.51. The fraction of sp³-hybridized carbons (Fsp3) is 0.364. The van der Waals surface area contributed by atoms with Gasteiger partial charge in [0.15, 0.2) is 0 Å². The lowest BCUT2D eigenvalue weighted by atomic mass is 9.99. The van der Waals surface area contributed by atoms with Gasteiger partial charge in [-0.1, -0.05) is 29.8 Å². The summed E-state index contributed by atoms with van der Waals surface area (Å²) < 4.78 is 0. The van der Waals surface area contributed by atoms with Gasteiger partial charge in [-0.2, -0.15) is 0 Å². The molecule has 3 N–H and O–H groups in total. The SMILES string of the molecule is Cc1cccc(C(=O)Nc2ccccc2C(=O)NC2CC3CCC(C2)N3)c1. The van der Waals surface area contributed by atoms with Crippen LogP contribution in [0.15, 0.2) is 48.5 Å². The number of para-hydroxylation sites is 1.